The monoisotopic (exact) mass is 739 g/mol. The van der Waals surface area contributed by atoms with Crippen LogP contribution >= 0.6 is 7.82 Å². The number of fused-ring (bicyclic) bond motifs is 9. The minimum atomic E-state index is -4.09. The van der Waals surface area contributed by atoms with Gasteiger partial charge in [-0.1, -0.05) is 68.4 Å². The van der Waals surface area contributed by atoms with Gasteiger partial charge in [-0.25, -0.2) is 4.57 Å². The Morgan fingerprint density at radius 3 is 2.25 bits per heavy atom. The Hall–Kier alpha value is -3.76. The van der Waals surface area contributed by atoms with Crippen molar-refractivity contribution in [2.75, 3.05) is 13.2 Å². The first kappa shape index (κ1) is 35.0. The summed E-state index contributed by atoms with van der Waals surface area (Å²) in [5.41, 5.74) is 0.222. The quantitative estimate of drug-likeness (QED) is 0.123. The molecule has 7 atom stereocenters. The fourth-order valence-electron chi connectivity index (χ4n) is 10.3. The largest absolute Gasteiger partial charge is 0.587 e. The van der Waals surface area contributed by atoms with Crippen molar-refractivity contribution in [3.63, 3.8) is 0 Å². The Bertz CT molecular complexity index is 2110. The number of benzene rings is 3. The lowest BCUT2D eigenvalue weighted by atomic mass is 9.41. The Labute approximate surface area is 309 Å². The maximum absolute atomic E-state index is 13.9. The van der Waals surface area contributed by atoms with E-state index in [0.717, 1.165) is 17.6 Å². The van der Waals surface area contributed by atoms with E-state index in [2.05, 4.69) is 37.0 Å². The number of carbonyl (C=O) groups excluding carboxylic acids is 1. The van der Waals surface area contributed by atoms with Gasteiger partial charge < -0.3 is 33.3 Å². The smallest absolute Gasteiger partial charge is 0.395 e. The first-order chi connectivity index (χ1) is 25.3. The molecule has 3 heterocycles. The minimum Gasteiger partial charge on any atom is -0.395 e. The number of aliphatic hydroxyl groups is 1. The lowest BCUT2D eigenvalue weighted by Gasteiger charge is -2.67. The van der Waals surface area contributed by atoms with Gasteiger partial charge in [0.05, 0.1) is 12.7 Å². The molecule has 278 valence electrons. The van der Waals surface area contributed by atoms with E-state index >= 15 is 0 Å². The third kappa shape index (κ3) is 5.10. The van der Waals surface area contributed by atoms with Crippen LogP contribution in [0.5, 0.6) is 11.5 Å². The maximum Gasteiger partial charge on any atom is 0.587 e. The Morgan fingerprint density at radius 1 is 0.887 bits per heavy atom. The minimum absolute atomic E-state index is 0.00424. The summed E-state index contributed by atoms with van der Waals surface area (Å²) in [5, 5.41) is 14.8. The summed E-state index contributed by atoms with van der Waals surface area (Å²) >= 11 is 0. The van der Waals surface area contributed by atoms with E-state index in [4.69, 9.17) is 27.8 Å². The molecule has 1 spiro atoms. The number of aromatic nitrogens is 1. The van der Waals surface area contributed by atoms with Crippen molar-refractivity contribution in [1.82, 2.24) is 4.98 Å². The van der Waals surface area contributed by atoms with E-state index in [0.29, 0.717) is 42.8 Å². The predicted molar refractivity (Wildman–Crippen MR) is 198 cm³/mol. The Balaban J connectivity index is 1.01. The molecule has 10 nitrogen and oxygen atoms in total. The van der Waals surface area contributed by atoms with E-state index in [9.17, 15) is 14.5 Å². The van der Waals surface area contributed by atoms with Gasteiger partial charge in [0.1, 0.15) is 22.7 Å². The normalized spacial score (nSPS) is 33.8. The highest BCUT2D eigenvalue weighted by molar-refractivity contribution is 7.49. The number of phosphoric acid groups is 1. The molecule has 9 rings (SSSR count). The summed E-state index contributed by atoms with van der Waals surface area (Å²) in [4.78, 5) is 17.5. The SMILES string of the molecule is CC1(C)O[C@@]23CCC4(C)[C@@]5(C)c6[nH]c7ccccc7c6C[C@@H]5C[C@H](OCCCOP(=O)(Oc5ccccc5)Oc5ccccc5)[C@@]4(O)C2=CC(=O)[C@@H]1O3. The molecule has 1 saturated heterocycles. The third-order valence-corrected chi connectivity index (χ3v) is 14.4. The fourth-order valence-corrected chi connectivity index (χ4v) is 11.6. The zero-order valence-corrected chi connectivity index (χ0v) is 31.4. The maximum atomic E-state index is 13.9. The highest BCUT2D eigenvalue weighted by atomic mass is 31.2. The van der Waals surface area contributed by atoms with Gasteiger partial charge in [-0.2, -0.15) is 0 Å². The number of para-hydroxylation sites is 3. The van der Waals surface area contributed by atoms with Gasteiger partial charge in [-0.3, -0.25) is 9.32 Å². The molecule has 1 aromatic heterocycles. The number of ketones is 1. The Kier molecular flexibility index (Phi) is 8.00. The van der Waals surface area contributed by atoms with Crippen molar-refractivity contribution in [3.8, 4) is 11.5 Å². The second-order valence-corrected chi connectivity index (χ2v) is 17.7. The lowest BCUT2D eigenvalue weighted by Crippen LogP contribution is -2.74. The average Bonchev–Trinajstić information content (AvgIpc) is 3.72. The topological polar surface area (TPSA) is 126 Å². The zero-order chi connectivity index (χ0) is 36.9. The van der Waals surface area contributed by atoms with Gasteiger partial charge in [0, 0.05) is 46.0 Å². The number of hydrogen-bond acceptors (Lipinski definition) is 9. The van der Waals surface area contributed by atoms with E-state index in [-0.39, 0.29) is 24.9 Å². The molecule has 3 aromatic carbocycles. The molecule has 5 aliphatic rings. The molecule has 0 radical (unpaired) electrons. The van der Waals surface area contributed by atoms with Gasteiger partial charge in [-0.15, -0.1) is 0 Å². The third-order valence-electron chi connectivity index (χ3n) is 13.0. The molecule has 11 heteroatoms. The van der Waals surface area contributed by atoms with Crippen LogP contribution in [-0.4, -0.2) is 58.3 Å². The molecular formula is C42H46NO9P. The number of rotatable bonds is 10. The number of phosphoric ester groups is 1. The van der Waals surface area contributed by atoms with Crippen LogP contribution in [0.3, 0.4) is 0 Å². The summed E-state index contributed by atoms with van der Waals surface area (Å²) in [6.07, 6.45) is 2.96. The van der Waals surface area contributed by atoms with Gasteiger partial charge >= 0.3 is 7.82 Å². The second-order valence-electron chi connectivity index (χ2n) is 16.2. The predicted octanol–water partition coefficient (Wildman–Crippen LogP) is 7.99. The highest BCUT2D eigenvalue weighted by Gasteiger charge is 2.78. The molecule has 3 fully saturated rings. The summed E-state index contributed by atoms with van der Waals surface area (Å²) in [7, 11) is -4.09. The molecule has 3 aliphatic carbocycles. The first-order valence-corrected chi connectivity index (χ1v) is 20.1. The van der Waals surface area contributed by atoms with E-state index < -0.39 is 47.8 Å². The zero-order valence-electron chi connectivity index (χ0n) is 30.5. The molecule has 1 unspecified atom stereocenters. The van der Waals surface area contributed by atoms with Crippen molar-refractivity contribution in [3.05, 3.63) is 108 Å². The van der Waals surface area contributed by atoms with Crippen molar-refractivity contribution in [2.45, 2.75) is 94.4 Å². The summed E-state index contributed by atoms with van der Waals surface area (Å²) in [6.45, 7) is 8.37. The van der Waals surface area contributed by atoms with Crippen LogP contribution in [-0.2, 0) is 39.9 Å². The summed E-state index contributed by atoms with van der Waals surface area (Å²) < 4.78 is 51.3. The molecule has 2 N–H and O–H groups in total. The van der Waals surface area contributed by atoms with Crippen molar-refractivity contribution in [2.24, 2.45) is 11.3 Å². The molecule has 2 aliphatic heterocycles. The van der Waals surface area contributed by atoms with Crippen LogP contribution in [0.25, 0.3) is 10.9 Å². The van der Waals surface area contributed by atoms with Crippen LogP contribution in [0, 0.1) is 11.3 Å². The fraction of sp³-hybridized carbons (Fsp3) is 0.452. The first-order valence-electron chi connectivity index (χ1n) is 18.6. The van der Waals surface area contributed by atoms with E-state index in [1.165, 1.54) is 10.9 Å². The standard InChI is InChI=1S/C42H46NO9P/c1-38(2)37-33(44)26-34-41(49-37,52-38)21-20-39(3)40(4)27(24-31-30-18-11-12-19-32(30)43-36(31)40)25-35(42(34,39)45)47-22-13-23-48-53(46,50-28-14-7-5-8-15-28)51-29-16-9-6-10-17-29/h5-12,14-19,26-27,35,37,43,45H,13,20-25H2,1-4H3/t27-,35+,37+,39?,40-,41+,42+/m1/s1. The Morgan fingerprint density at radius 2 is 1.55 bits per heavy atom. The van der Waals surface area contributed by atoms with Crippen LogP contribution in [0.15, 0.2) is 96.6 Å². The lowest BCUT2D eigenvalue weighted by molar-refractivity contribution is -0.280. The van der Waals surface area contributed by atoms with Crippen molar-refractivity contribution < 1.29 is 42.2 Å². The molecule has 0 amide bonds. The number of hydrogen-bond donors (Lipinski definition) is 2. The van der Waals surface area contributed by atoms with Gasteiger partial charge in [0.15, 0.2) is 17.7 Å². The van der Waals surface area contributed by atoms with Gasteiger partial charge in [0.25, 0.3) is 0 Å². The van der Waals surface area contributed by atoms with E-state index in [1.54, 1.807) is 54.6 Å². The second kappa shape index (κ2) is 12.1. The molecule has 53 heavy (non-hydrogen) atoms. The molecular weight excluding hydrogens is 693 g/mol. The number of aromatic amines is 1. The van der Waals surface area contributed by atoms with Crippen molar-refractivity contribution in [1.29, 1.82) is 0 Å². The highest BCUT2D eigenvalue weighted by Crippen LogP contribution is 2.72. The number of H-pyrrole nitrogens is 1. The van der Waals surface area contributed by atoms with Gasteiger partial charge in [0.2, 0.25) is 0 Å². The van der Waals surface area contributed by atoms with Crippen molar-refractivity contribution >= 4 is 24.5 Å². The van der Waals surface area contributed by atoms with Crippen LogP contribution < -0.4 is 9.05 Å². The van der Waals surface area contributed by atoms with Crippen LogP contribution in [0.2, 0.25) is 0 Å². The average molecular weight is 740 g/mol. The number of carbonyl (C=O) groups is 1. The molecule has 2 saturated carbocycles. The summed E-state index contributed by atoms with van der Waals surface area (Å²) in [5.74, 6) is -0.579. The molecule has 4 aromatic rings. The number of nitrogens with one attached hydrogen (secondary N) is 1. The summed E-state index contributed by atoms with van der Waals surface area (Å²) in [6, 6.07) is 25.9. The molecule has 2 bridgehead atoms. The van der Waals surface area contributed by atoms with Crippen LogP contribution in [0.4, 0.5) is 0 Å². The van der Waals surface area contributed by atoms with E-state index in [1.807, 2.05) is 32.0 Å². The van der Waals surface area contributed by atoms with Gasteiger partial charge in [-0.05, 0) is 87.4 Å². The van der Waals surface area contributed by atoms with Crippen LogP contribution in [0.1, 0.15) is 64.6 Å². The number of ether oxygens (including phenoxy) is 3.